The summed E-state index contributed by atoms with van der Waals surface area (Å²) in [4.78, 5) is 37.7. The average molecular weight is 418 g/mol. The van der Waals surface area contributed by atoms with Crippen molar-refractivity contribution in [2.45, 2.75) is 19.4 Å². The number of nitrogens with one attached hydrogen (secondary N) is 2. The predicted molar refractivity (Wildman–Crippen MR) is 111 cm³/mol. The first-order valence-corrected chi connectivity index (χ1v) is 9.26. The monoisotopic (exact) mass is 417 g/mol. The number of amides is 1. The van der Waals surface area contributed by atoms with E-state index in [4.69, 9.17) is 16.0 Å². The number of phenolic OH excluding ortho intramolecular Hbond substituents is 1. The van der Waals surface area contributed by atoms with Crippen LogP contribution in [0, 0.1) is 0 Å². The molecule has 0 aliphatic heterocycles. The second-order valence-electron chi connectivity index (χ2n) is 6.71. The fraction of sp³-hybridized carbons (Fsp3) is 0.250. The summed E-state index contributed by atoms with van der Waals surface area (Å²) in [7, 11) is 3.12. The molecule has 8 nitrogen and oxygen atoms in total. The van der Waals surface area contributed by atoms with Gasteiger partial charge >= 0.3 is 0 Å². The molecule has 9 heteroatoms. The van der Waals surface area contributed by atoms with Crippen LogP contribution in [0.3, 0.4) is 0 Å². The van der Waals surface area contributed by atoms with Crippen molar-refractivity contribution in [3.63, 3.8) is 0 Å². The summed E-state index contributed by atoms with van der Waals surface area (Å²) in [5.41, 5.74) is -1.09. The molecule has 1 amide bonds. The first kappa shape index (κ1) is 20.5. The Labute approximate surface area is 171 Å². The molecule has 0 bridgehead atoms. The lowest BCUT2D eigenvalue weighted by molar-refractivity contribution is 0.0824. The summed E-state index contributed by atoms with van der Waals surface area (Å²) < 4.78 is 5.37. The fourth-order valence-electron chi connectivity index (χ4n) is 2.90. The van der Waals surface area contributed by atoms with Gasteiger partial charge in [-0.3, -0.25) is 14.4 Å². The van der Waals surface area contributed by atoms with Gasteiger partial charge in [-0.05, 0) is 18.6 Å². The molecule has 3 rings (SSSR count). The van der Waals surface area contributed by atoms with Crippen LogP contribution >= 0.6 is 11.6 Å². The largest absolute Gasteiger partial charge is 0.505 e. The number of rotatable bonds is 7. The van der Waals surface area contributed by atoms with Gasteiger partial charge in [0.25, 0.3) is 16.8 Å². The first-order valence-electron chi connectivity index (χ1n) is 8.89. The van der Waals surface area contributed by atoms with Gasteiger partial charge < -0.3 is 25.1 Å². The van der Waals surface area contributed by atoms with Crippen LogP contribution in [0.25, 0.3) is 0 Å². The van der Waals surface area contributed by atoms with E-state index in [0.717, 1.165) is 0 Å². The van der Waals surface area contributed by atoms with Gasteiger partial charge in [-0.25, -0.2) is 0 Å². The molecule has 1 heterocycles. The number of benzene rings is 1. The Balaban J connectivity index is 1.90. The number of hydrogen-bond donors (Lipinski definition) is 3. The number of para-hydroxylation sites is 1. The zero-order valence-corrected chi connectivity index (χ0v) is 16.8. The van der Waals surface area contributed by atoms with E-state index in [9.17, 15) is 19.5 Å². The molecule has 152 valence electrons. The number of phenols is 1. The van der Waals surface area contributed by atoms with Crippen LogP contribution in [0.4, 0.5) is 17.1 Å². The minimum atomic E-state index is -0.719. The van der Waals surface area contributed by atoms with Gasteiger partial charge in [0.1, 0.15) is 23.4 Å². The summed E-state index contributed by atoms with van der Waals surface area (Å²) in [5.74, 6) is -0.178. The summed E-state index contributed by atoms with van der Waals surface area (Å²) >= 11 is 5.89. The molecule has 29 heavy (non-hydrogen) atoms. The maximum Gasteiger partial charge on any atom is 0.257 e. The third-order valence-electron chi connectivity index (χ3n) is 4.50. The SMILES string of the molecule is CCC(Nc1c(Nc2cccc(C(=O)N(C)C)c2O)c(=O)c1=O)c1cc(Cl)co1. The molecule has 0 saturated carbocycles. The first-order chi connectivity index (χ1) is 13.7. The van der Waals surface area contributed by atoms with Crippen LogP contribution in [-0.4, -0.2) is 30.0 Å². The third kappa shape index (κ3) is 3.84. The van der Waals surface area contributed by atoms with Crippen LogP contribution < -0.4 is 21.5 Å². The number of furan rings is 1. The molecular formula is C20H20ClN3O5. The van der Waals surface area contributed by atoms with Crippen molar-refractivity contribution in [3.05, 3.63) is 67.3 Å². The molecule has 0 radical (unpaired) electrons. The molecule has 2 aromatic carbocycles. The van der Waals surface area contributed by atoms with Gasteiger partial charge in [0.2, 0.25) is 0 Å². The second-order valence-corrected chi connectivity index (χ2v) is 7.14. The van der Waals surface area contributed by atoms with Crippen LogP contribution in [0.15, 0.2) is 44.5 Å². The van der Waals surface area contributed by atoms with E-state index < -0.39 is 16.8 Å². The highest BCUT2D eigenvalue weighted by Crippen LogP contribution is 2.33. The third-order valence-corrected chi connectivity index (χ3v) is 4.70. The van der Waals surface area contributed by atoms with Gasteiger partial charge in [0.05, 0.1) is 22.3 Å². The second kappa shape index (κ2) is 8.00. The van der Waals surface area contributed by atoms with E-state index in [1.165, 1.54) is 23.3 Å². The molecule has 0 spiro atoms. The van der Waals surface area contributed by atoms with Crippen LogP contribution in [0.5, 0.6) is 5.75 Å². The van der Waals surface area contributed by atoms with Gasteiger partial charge in [-0.2, -0.15) is 0 Å². The molecule has 0 fully saturated rings. The lowest BCUT2D eigenvalue weighted by atomic mass is 10.1. The number of nitrogens with zero attached hydrogens (tertiary/aromatic N) is 1. The van der Waals surface area contributed by atoms with E-state index in [1.807, 2.05) is 6.92 Å². The number of halogens is 1. The highest BCUT2D eigenvalue weighted by atomic mass is 35.5. The summed E-state index contributed by atoms with van der Waals surface area (Å²) in [6.07, 6.45) is 1.95. The van der Waals surface area contributed by atoms with Crippen LogP contribution in [0.2, 0.25) is 5.02 Å². The quantitative estimate of drug-likeness (QED) is 0.399. The Bertz CT molecular complexity index is 1130. The van der Waals surface area contributed by atoms with Gasteiger partial charge in [-0.15, -0.1) is 0 Å². The van der Waals surface area contributed by atoms with Crippen molar-refractivity contribution in [1.82, 2.24) is 4.90 Å². The van der Waals surface area contributed by atoms with E-state index in [0.29, 0.717) is 17.2 Å². The zero-order chi connectivity index (χ0) is 21.3. The Morgan fingerprint density at radius 1 is 1.24 bits per heavy atom. The van der Waals surface area contributed by atoms with Crippen molar-refractivity contribution in [1.29, 1.82) is 0 Å². The molecule has 1 aromatic heterocycles. The topological polar surface area (TPSA) is 112 Å². The Morgan fingerprint density at radius 2 is 1.93 bits per heavy atom. The molecule has 0 aliphatic carbocycles. The fourth-order valence-corrected chi connectivity index (χ4v) is 3.05. The van der Waals surface area contributed by atoms with E-state index in [-0.39, 0.29) is 34.4 Å². The smallest absolute Gasteiger partial charge is 0.257 e. The number of anilines is 3. The highest BCUT2D eigenvalue weighted by molar-refractivity contribution is 6.30. The molecule has 3 aromatic rings. The lowest BCUT2D eigenvalue weighted by Gasteiger charge is -2.21. The van der Waals surface area contributed by atoms with Crippen molar-refractivity contribution in [2.24, 2.45) is 0 Å². The summed E-state index contributed by atoms with van der Waals surface area (Å²) in [6.45, 7) is 1.88. The molecule has 1 atom stereocenters. The lowest BCUT2D eigenvalue weighted by Crippen LogP contribution is -2.37. The van der Waals surface area contributed by atoms with Gasteiger partial charge in [0.15, 0.2) is 5.75 Å². The average Bonchev–Trinajstić information content (AvgIpc) is 3.13. The molecule has 0 saturated heterocycles. The highest BCUT2D eigenvalue weighted by Gasteiger charge is 2.26. The molecule has 1 unspecified atom stereocenters. The maximum absolute atomic E-state index is 12.2. The normalized spacial score (nSPS) is 12.0. The molecule has 0 aliphatic rings. The minimum Gasteiger partial charge on any atom is -0.505 e. The van der Waals surface area contributed by atoms with Crippen molar-refractivity contribution < 1.29 is 14.3 Å². The summed E-state index contributed by atoms with van der Waals surface area (Å²) in [5, 5.41) is 16.6. The number of aromatic hydroxyl groups is 1. The summed E-state index contributed by atoms with van der Waals surface area (Å²) in [6, 6.07) is 5.80. The van der Waals surface area contributed by atoms with Crippen LogP contribution in [-0.2, 0) is 0 Å². The van der Waals surface area contributed by atoms with E-state index >= 15 is 0 Å². The van der Waals surface area contributed by atoms with Crippen molar-refractivity contribution >= 4 is 34.6 Å². The van der Waals surface area contributed by atoms with Gasteiger partial charge in [0, 0.05) is 20.2 Å². The van der Waals surface area contributed by atoms with E-state index in [1.54, 1.807) is 26.2 Å². The van der Waals surface area contributed by atoms with E-state index in [2.05, 4.69) is 10.6 Å². The molecule has 3 N–H and O–H groups in total. The van der Waals surface area contributed by atoms with Crippen LogP contribution in [0.1, 0.15) is 35.5 Å². The number of carbonyl (C=O) groups is 1. The predicted octanol–water partition coefficient (Wildman–Crippen LogP) is 3.24. The standard InChI is InChI=1S/C20H20ClN3O5/c1-4-12(14-8-10(21)9-29-14)22-15-16(19(27)18(15)26)23-13-7-5-6-11(17(13)25)20(28)24(2)3/h5-9,12,22-23,25H,4H2,1-3H3. The zero-order valence-electron chi connectivity index (χ0n) is 16.1. The Morgan fingerprint density at radius 3 is 2.52 bits per heavy atom. The number of hydrogen-bond acceptors (Lipinski definition) is 7. The Hall–Kier alpha value is -3.26. The number of carbonyl (C=O) groups excluding carboxylic acids is 1. The van der Waals surface area contributed by atoms with Crippen molar-refractivity contribution in [3.8, 4) is 5.75 Å². The van der Waals surface area contributed by atoms with Crippen molar-refractivity contribution in [2.75, 3.05) is 24.7 Å². The molecular weight excluding hydrogens is 398 g/mol. The van der Waals surface area contributed by atoms with Gasteiger partial charge in [-0.1, -0.05) is 24.6 Å². The minimum absolute atomic E-state index is 0.0101. The Kier molecular flexibility index (Phi) is 5.65. The maximum atomic E-state index is 12.2.